The average molecular weight is 258 g/mol. The van der Waals surface area contributed by atoms with Crippen molar-refractivity contribution in [3.8, 4) is 0 Å². The number of rotatable bonds is 9. The van der Waals surface area contributed by atoms with E-state index >= 15 is 0 Å². The Balaban J connectivity index is 3.56. The van der Waals surface area contributed by atoms with Crippen LogP contribution in [-0.4, -0.2) is 30.2 Å². The summed E-state index contributed by atoms with van der Waals surface area (Å²) in [6.07, 6.45) is 3.75. The quantitative estimate of drug-likeness (QED) is 0.555. The number of hydrogen-bond donors (Lipinski definition) is 3. The third kappa shape index (κ3) is 8.84. The molecular formula is C13H26N2O3. The van der Waals surface area contributed by atoms with E-state index in [0.717, 1.165) is 12.8 Å². The van der Waals surface area contributed by atoms with E-state index in [4.69, 9.17) is 5.11 Å². The van der Waals surface area contributed by atoms with Crippen LogP contribution in [0.3, 0.4) is 0 Å². The number of aliphatic carboxylic acids is 1. The molecule has 0 aromatic carbocycles. The molecule has 1 atom stereocenters. The SMILES string of the molecule is CCC(CNC(=O)NCCCCC(C)C)C(=O)O. The number of carboxylic acid groups (broad SMARTS) is 1. The number of urea groups is 1. The first-order valence-corrected chi connectivity index (χ1v) is 6.71. The second kappa shape index (κ2) is 9.74. The topological polar surface area (TPSA) is 78.4 Å². The molecule has 5 nitrogen and oxygen atoms in total. The summed E-state index contributed by atoms with van der Waals surface area (Å²) in [5.74, 6) is -0.675. The van der Waals surface area contributed by atoms with Crippen molar-refractivity contribution < 1.29 is 14.7 Å². The van der Waals surface area contributed by atoms with Gasteiger partial charge in [0.25, 0.3) is 0 Å². The van der Waals surface area contributed by atoms with E-state index in [1.54, 1.807) is 6.92 Å². The minimum atomic E-state index is -0.866. The maximum absolute atomic E-state index is 11.4. The van der Waals surface area contributed by atoms with Crippen LogP contribution in [0.1, 0.15) is 46.5 Å². The standard InChI is InChI=1S/C13H26N2O3/c1-4-11(12(16)17)9-15-13(18)14-8-6-5-7-10(2)3/h10-11H,4-9H2,1-3H3,(H,16,17)(H2,14,15,18). The molecule has 0 aromatic rings. The fourth-order valence-electron chi connectivity index (χ4n) is 1.56. The van der Waals surface area contributed by atoms with Crippen molar-refractivity contribution in [3.63, 3.8) is 0 Å². The molecule has 0 aliphatic rings. The van der Waals surface area contributed by atoms with Crippen LogP contribution in [0.4, 0.5) is 4.79 Å². The van der Waals surface area contributed by atoms with Crippen LogP contribution in [0, 0.1) is 11.8 Å². The summed E-state index contributed by atoms with van der Waals surface area (Å²) in [7, 11) is 0. The predicted octanol–water partition coefficient (Wildman–Crippen LogP) is 2.22. The first kappa shape index (κ1) is 16.7. The second-order valence-corrected chi connectivity index (χ2v) is 4.97. The van der Waals surface area contributed by atoms with E-state index in [2.05, 4.69) is 24.5 Å². The zero-order valence-electron chi connectivity index (χ0n) is 11.7. The molecule has 0 heterocycles. The lowest BCUT2D eigenvalue weighted by Gasteiger charge is -2.12. The average Bonchev–Trinajstić information content (AvgIpc) is 2.28. The molecular weight excluding hydrogens is 232 g/mol. The van der Waals surface area contributed by atoms with Crippen molar-refractivity contribution in [2.75, 3.05) is 13.1 Å². The van der Waals surface area contributed by atoms with E-state index in [-0.39, 0.29) is 12.6 Å². The molecule has 0 saturated heterocycles. The van der Waals surface area contributed by atoms with E-state index in [9.17, 15) is 9.59 Å². The minimum absolute atomic E-state index is 0.184. The molecule has 0 aliphatic heterocycles. The maximum Gasteiger partial charge on any atom is 0.314 e. The van der Waals surface area contributed by atoms with Crippen molar-refractivity contribution in [2.45, 2.75) is 46.5 Å². The summed E-state index contributed by atoms with van der Waals surface area (Å²) in [6.45, 7) is 6.98. The summed E-state index contributed by atoms with van der Waals surface area (Å²) in [6, 6.07) is -0.278. The van der Waals surface area contributed by atoms with Crippen molar-refractivity contribution in [1.29, 1.82) is 0 Å². The van der Waals surface area contributed by atoms with Crippen LogP contribution in [-0.2, 0) is 4.79 Å². The van der Waals surface area contributed by atoms with Crippen molar-refractivity contribution >= 4 is 12.0 Å². The lowest BCUT2D eigenvalue weighted by atomic mass is 10.1. The summed E-state index contributed by atoms with van der Waals surface area (Å²) in [4.78, 5) is 22.1. The molecule has 2 amide bonds. The molecule has 0 radical (unpaired) electrons. The Morgan fingerprint density at radius 3 is 2.33 bits per heavy atom. The number of carbonyl (C=O) groups is 2. The molecule has 0 spiro atoms. The lowest BCUT2D eigenvalue weighted by Crippen LogP contribution is -2.40. The van der Waals surface area contributed by atoms with E-state index in [1.807, 2.05) is 0 Å². The number of unbranched alkanes of at least 4 members (excludes halogenated alkanes) is 1. The van der Waals surface area contributed by atoms with Gasteiger partial charge in [0, 0.05) is 13.1 Å². The molecule has 0 aromatic heterocycles. The van der Waals surface area contributed by atoms with Gasteiger partial charge in [0.1, 0.15) is 0 Å². The van der Waals surface area contributed by atoms with Gasteiger partial charge in [-0.25, -0.2) is 4.79 Å². The van der Waals surface area contributed by atoms with Crippen LogP contribution >= 0.6 is 0 Å². The number of hydrogen-bond acceptors (Lipinski definition) is 2. The third-order valence-corrected chi connectivity index (χ3v) is 2.84. The number of carboxylic acids is 1. The Kier molecular flexibility index (Phi) is 9.06. The van der Waals surface area contributed by atoms with Gasteiger partial charge in [-0.15, -0.1) is 0 Å². The van der Waals surface area contributed by atoms with Gasteiger partial charge < -0.3 is 15.7 Å². The minimum Gasteiger partial charge on any atom is -0.481 e. The van der Waals surface area contributed by atoms with E-state index in [1.165, 1.54) is 6.42 Å². The highest BCUT2D eigenvalue weighted by atomic mass is 16.4. The normalized spacial score (nSPS) is 12.2. The lowest BCUT2D eigenvalue weighted by molar-refractivity contribution is -0.141. The van der Waals surface area contributed by atoms with Crippen LogP contribution in [0.25, 0.3) is 0 Å². The highest BCUT2D eigenvalue weighted by molar-refractivity contribution is 5.75. The van der Waals surface area contributed by atoms with Crippen LogP contribution in [0.5, 0.6) is 0 Å². The van der Waals surface area contributed by atoms with Crippen LogP contribution < -0.4 is 10.6 Å². The van der Waals surface area contributed by atoms with Crippen LogP contribution in [0.15, 0.2) is 0 Å². The Bertz CT molecular complexity index is 255. The highest BCUT2D eigenvalue weighted by Gasteiger charge is 2.15. The summed E-state index contributed by atoms with van der Waals surface area (Å²) in [5.41, 5.74) is 0. The number of carbonyl (C=O) groups excluding carboxylic acids is 1. The first-order chi connectivity index (χ1) is 8.47. The molecule has 18 heavy (non-hydrogen) atoms. The van der Waals surface area contributed by atoms with Gasteiger partial charge in [0.15, 0.2) is 0 Å². The number of amides is 2. The van der Waals surface area contributed by atoms with Gasteiger partial charge in [-0.3, -0.25) is 4.79 Å². The monoisotopic (exact) mass is 258 g/mol. The van der Waals surface area contributed by atoms with E-state index < -0.39 is 11.9 Å². The van der Waals surface area contributed by atoms with Crippen molar-refractivity contribution in [2.24, 2.45) is 11.8 Å². The Morgan fingerprint density at radius 2 is 1.83 bits per heavy atom. The van der Waals surface area contributed by atoms with Gasteiger partial charge in [0.2, 0.25) is 0 Å². The molecule has 1 unspecified atom stereocenters. The fraction of sp³-hybridized carbons (Fsp3) is 0.846. The molecule has 106 valence electrons. The molecule has 0 aliphatic carbocycles. The smallest absolute Gasteiger partial charge is 0.314 e. The van der Waals surface area contributed by atoms with Gasteiger partial charge in [0.05, 0.1) is 5.92 Å². The summed E-state index contributed by atoms with van der Waals surface area (Å²) in [5, 5.41) is 14.1. The highest BCUT2D eigenvalue weighted by Crippen LogP contribution is 2.05. The Morgan fingerprint density at radius 1 is 1.17 bits per heavy atom. The summed E-state index contributed by atoms with van der Waals surface area (Å²) >= 11 is 0. The van der Waals surface area contributed by atoms with Gasteiger partial charge in [-0.1, -0.05) is 33.6 Å². The zero-order valence-corrected chi connectivity index (χ0v) is 11.7. The van der Waals surface area contributed by atoms with Gasteiger partial charge in [-0.2, -0.15) is 0 Å². The first-order valence-electron chi connectivity index (χ1n) is 6.71. The molecule has 0 rings (SSSR count). The molecule has 3 N–H and O–H groups in total. The Labute approximate surface area is 109 Å². The van der Waals surface area contributed by atoms with Crippen LogP contribution in [0.2, 0.25) is 0 Å². The fourth-order valence-corrected chi connectivity index (χ4v) is 1.56. The Hall–Kier alpha value is -1.26. The third-order valence-electron chi connectivity index (χ3n) is 2.84. The maximum atomic E-state index is 11.4. The van der Waals surface area contributed by atoms with E-state index in [0.29, 0.717) is 18.9 Å². The summed E-state index contributed by atoms with van der Waals surface area (Å²) < 4.78 is 0. The van der Waals surface area contributed by atoms with Gasteiger partial charge >= 0.3 is 12.0 Å². The molecule has 0 bridgehead atoms. The molecule has 5 heteroatoms. The molecule has 0 saturated carbocycles. The largest absolute Gasteiger partial charge is 0.481 e. The van der Waals surface area contributed by atoms with Crippen molar-refractivity contribution in [1.82, 2.24) is 10.6 Å². The second-order valence-electron chi connectivity index (χ2n) is 4.97. The van der Waals surface area contributed by atoms with Gasteiger partial charge in [-0.05, 0) is 18.8 Å². The molecule has 0 fully saturated rings. The zero-order chi connectivity index (χ0) is 14.0. The number of nitrogens with one attached hydrogen (secondary N) is 2. The predicted molar refractivity (Wildman–Crippen MR) is 71.5 cm³/mol. The van der Waals surface area contributed by atoms with Crippen molar-refractivity contribution in [3.05, 3.63) is 0 Å².